The summed E-state index contributed by atoms with van der Waals surface area (Å²) >= 11 is 0. The first-order chi connectivity index (χ1) is 11.8. The van der Waals surface area contributed by atoms with Crippen molar-refractivity contribution in [1.82, 2.24) is 4.90 Å². The maximum Gasteiger partial charge on any atom is 0.161 e. The van der Waals surface area contributed by atoms with E-state index in [4.69, 9.17) is 14.2 Å². The highest BCUT2D eigenvalue weighted by Gasteiger charge is 2.29. The molecular formula is C20H23NO3. The molecule has 24 heavy (non-hydrogen) atoms. The molecule has 1 aliphatic carbocycles. The van der Waals surface area contributed by atoms with Gasteiger partial charge in [0.2, 0.25) is 0 Å². The molecule has 0 bridgehead atoms. The van der Waals surface area contributed by atoms with Crippen molar-refractivity contribution in [2.24, 2.45) is 0 Å². The van der Waals surface area contributed by atoms with Gasteiger partial charge in [0, 0.05) is 19.1 Å². The number of hydrogen-bond donors (Lipinski definition) is 0. The Morgan fingerprint density at radius 2 is 1.58 bits per heavy atom. The summed E-state index contributed by atoms with van der Waals surface area (Å²) < 4.78 is 16.6. The Morgan fingerprint density at radius 1 is 0.917 bits per heavy atom. The van der Waals surface area contributed by atoms with Gasteiger partial charge in [-0.3, -0.25) is 4.90 Å². The number of methoxy groups -OCH3 is 1. The highest BCUT2D eigenvalue weighted by molar-refractivity contribution is 5.43. The number of fused-ring (bicyclic) bond motifs is 1. The topological polar surface area (TPSA) is 30.9 Å². The van der Waals surface area contributed by atoms with E-state index in [0.717, 1.165) is 30.3 Å². The lowest BCUT2D eigenvalue weighted by Gasteiger charge is -2.24. The molecule has 2 aliphatic rings. The average Bonchev–Trinajstić information content (AvgIpc) is 3.47. The summed E-state index contributed by atoms with van der Waals surface area (Å²) in [6.45, 7) is 3.17. The second-order valence-electron chi connectivity index (χ2n) is 6.46. The molecule has 0 N–H and O–H groups in total. The van der Waals surface area contributed by atoms with Crippen LogP contribution in [0.5, 0.6) is 17.2 Å². The van der Waals surface area contributed by atoms with Gasteiger partial charge in [0.25, 0.3) is 0 Å². The first kappa shape index (κ1) is 15.3. The Morgan fingerprint density at radius 3 is 2.29 bits per heavy atom. The van der Waals surface area contributed by atoms with Crippen LogP contribution in [0.15, 0.2) is 42.5 Å². The van der Waals surface area contributed by atoms with E-state index in [2.05, 4.69) is 29.2 Å². The lowest BCUT2D eigenvalue weighted by molar-refractivity contribution is 0.171. The molecule has 0 radical (unpaired) electrons. The second kappa shape index (κ2) is 6.73. The Kier molecular flexibility index (Phi) is 4.30. The Labute approximate surface area is 142 Å². The quantitative estimate of drug-likeness (QED) is 0.811. The van der Waals surface area contributed by atoms with Crippen molar-refractivity contribution in [2.75, 3.05) is 20.3 Å². The molecule has 126 valence electrons. The minimum absolute atomic E-state index is 0.634. The maximum atomic E-state index is 5.71. The molecule has 0 unspecified atom stereocenters. The van der Waals surface area contributed by atoms with Gasteiger partial charge in [-0.05, 0) is 48.2 Å². The molecule has 1 aliphatic heterocycles. The van der Waals surface area contributed by atoms with Crippen molar-refractivity contribution in [3.05, 3.63) is 53.6 Å². The van der Waals surface area contributed by atoms with Gasteiger partial charge >= 0.3 is 0 Å². The Balaban J connectivity index is 1.47. The minimum atomic E-state index is 0.634. The van der Waals surface area contributed by atoms with E-state index >= 15 is 0 Å². The van der Waals surface area contributed by atoms with Gasteiger partial charge in [-0.2, -0.15) is 0 Å². The smallest absolute Gasteiger partial charge is 0.161 e. The van der Waals surface area contributed by atoms with E-state index in [1.54, 1.807) is 7.11 Å². The zero-order valence-electron chi connectivity index (χ0n) is 14.0. The second-order valence-corrected chi connectivity index (χ2v) is 6.46. The third-order valence-corrected chi connectivity index (χ3v) is 4.60. The van der Waals surface area contributed by atoms with Gasteiger partial charge < -0.3 is 14.2 Å². The van der Waals surface area contributed by atoms with Gasteiger partial charge in [0.05, 0.1) is 7.11 Å². The van der Waals surface area contributed by atoms with E-state index in [1.807, 2.05) is 18.2 Å². The summed E-state index contributed by atoms with van der Waals surface area (Å²) in [5, 5.41) is 0. The molecule has 0 saturated heterocycles. The Bertz CT molecular complexity index is 695. The molecule has 2 aromatic rings. The largest absolute Gasteiger partial charge is 0.497 e. The predicted octanol–water partition coefficient (Wildman–Crippen LogP) is 3.63. The fraction of sp³-hybridized carbons (Fsp3) is 0.400. The van der Waals surface area contributed by atoms with Crippen molar-refractivity contribution in [3.8, 4) is 17.2 Å². The summed E-state index contributed by atoms with van der Waals surface area (Å²) in [7, 11) is 1.70. The highest BCUT2D eigenvalue weighted by Crippen LogP contribution is 2.34. The van der Waals surface area contributed by atoms with Crippen LogP contribution in [0.3, 0.4) is 0 Å². The summed E-state index contributed by atoms with van der Waals surface area (Å²) in [5.74, 6) is 2.64. The summed E-state index contributed by atoms with van der Waals surface area (Å²) in [6.07, 6.45) is 2.58. The fourth-order valence-electron chi connectivity index (χ4n) is 3.14. The highest BCUT2D eigenvalue weighted by atomic mass is 16.6. The van der Waals surface area contributed by atoms with E-state index in [9.17, 15) is 0 Å². The van der Waals surface area contributed by atoms with Gasteiger partial charge in [-0.25, -0.2) is 0 Å². The molecule has 1 saturated carbocycles. The summed E-state index contributed by atoms with van der Waals surface area (Å²) in [5.41, 5.74) is 2.60. The first-order valence-electron chi connectivity index (χ1n) is 8.57. The molecule has 2 aromatic carbocycles. The van der Waals surface area contributed by atoms with Crippen LogP contribution in [0.2, 0.25) is 0 Å². The molecule has 1 heterocycles. The molecule has 0 aromatic heterocycles. The summed E-state index contributed by atoms with van der Waals surface area (Å²) in [6, 6.07) is 15.4. The van der Waals surface area contributed by atoms with Crippen LogP contribution in [0, 0.1) is 0 Å². The number of benzene rings is 2. The van der Waals surface area contributed by atoms with Gasteiger partial charge in [-0.1, -0.05) is 18.2 Å². The average molecular weight is 325 g/mol. The third kappa shape index (κ3) is 3.49. The summed E-state index contributed by atoms with van der Waals surface area (Å²) in [4.78, 5) is 2.55. The van der Waals surface area contributed by atoms with Gasteiger partial charge in [-0.15, -0.1) is 0 Å². The standard InChI is InChI=1S/C20H23NO3/c1-22-18-7-2-15(3-8-18)13-21(17-5-6-17)14-16-4-9-19-20(12-16)24-11-10-23-19/h2-4,7-9,12,17H,5-6,10-11,13-14H2,1H3. The van der Waals surface area contributed by atoms with Crippen molar-refractivity contribution < 1.29 is 14.2 Å². The molecule has 0 spiro atoms. The van der Waals surface area contributed by atoms with Crippen LogP contribution in [-0.4, -0.2) is 31.3 Å². The fourth-order valence-corrected chi connectivity index (χ4v) is 3.14. The van der Waals surface area contributed by atoms with Gasteiger partial charge in [0.1, 0.15) is 19.0 Å². The lowest BCUT2D eigenvalue weighted by Crippen LogP contribution is -2.25. The minimum Gasteiger partial charge on any atom is -0.497 e. The van der Waals surface area contributed by atoms with E-state index < -0.39 is 0 Å². The zero-order valence-corrected chi connectivity index (χ0v) is 14.0. The lowest BCUT2D eigenvalue weighted by atomic mass is 10.1. The van der Waals surface area contributed by atoms with Crippen LogP contribution >= 0.6 is 0 Å². The SMILES string of the molecule is COc1ccc(CN(Cc2ccc3c(c2)OCCO3)C2CC2)cc1. The van der Waals surface area contributed by atoms with Crippen LogP contribution in [0.1, 0.15) is 24.0 Å². The van der Waals surface area contributed by atoms with Crippen molar-refractivity contribution in [1.29, 1.82) is 0 Å². The molecule has 4 heteroatoms. The van der Waals surface area contributed by atoms with Crippen molar-refractivity contribution in [2.45, 2.75) is 32.0 Å². The number of ether oxygens (including phenoxy) is 3. The third-order valence-electron chi connectivity index (χ3n) is 4.60. The molecule has 4 nitrogen and oxygen atoms in total. The van der Waals surface area contributed by atoms with Gasteiger partial charge in [0.15, 0.2) is 11.5 Å². The van der Waals surface area contributed by atoms with Crippen molar-refractivity contribution >= 4 is 0 Å². The zero-order chi connectivity index (χ0) is 16.4. The van der Waals surface area contributed by atoms with Crippen molar-refractivity contribution in [3.63, 3.8) is 0 Å². The molecule has 0 amide bonds. The van der Waals surface area contributed by atoms with Crippen LogP contribution in [-0.2, 0) is 13.1 Å². The number of rotatable bonds is 6. The predicted molar refractivity (Wildman–Crippen MR) is 92.7 cm³/mol. The maximum absolute atomic E-state index is 5.71. The molecular weight excluding hydrogens is 302 g/mol. The van der Waals surface area contributed by atoms with Crippen LogP contribution in [0.4, 0.5) is 0 Å². The van der Waals surface area contributed by atoms with Crippen LogP contribution in [0.25, 0.3) is 0 Å². The molecule has 4 rings (SSSR count). The van der Waals surface area contributed by atoms with Crippen LogP contribution < -0.4 is 14.2 Å². The monoisotopic (exact) mass is 325 g/mol. The molecule has 1 fully saturated rings. The first-order valence-corrected chi connectivity index (χ1v) is 8.57. The number of hydrogen-bond acceptors (Lipinski definition) is 4. The normalized spacial score (nSPS) is 16.2. The van der Waals surface area contributed by atoms with E-state index in [1.165, 1.54) is 24.0 Å². The number of nitrogens with zero attached hydrogens (tertiary/aromatic N) is 1. The van der Waals surface area contributed by atoms with E-state index in [-0.39, 0.29) is 0 Å². The Hall–Kier alpha value is -2.20. The molecule has 0 atom stereocenters. The van der Waals surface area contributed by atoms with E-state index in [0.29, 0.717) is 19.3 Å².